The normalized spacial score (nSPS) is 18.1. The van der Waals surface area contributed by atoms with E-state index in [1.165, 1.54) is 31.7 Å². The number of nitrogen functional groups attached to an aromatic ring is 1. The first kappa shape index (κ1) is 13.2. The Morgan fingerprint density at radius 2 is 1.78 bits per heavy atom. The first-order valence-corrected chi connectivity index (χ1v) is 6.98. The molecular formula is C15H25N3. The number of hydrogen-bond donors (Lipinski definition) is 1. The summed E-state index contributed by atoms with van der Waals surface area (Å²) >= 11 is 0. The summed E-state index contributed by atoms with van der Waals surface area (Å²) in [6.45, 7) is 10.5. The van der Waals surface area contributed by atoms with Crippen LogP contribution in [0.4, 0.5) is 11.4 Å². The molecule has 0 spiro atoms. The molecule has 3 nitrogen and oxygen atoms in total. The maximum atomic E-state index is 5.74. The van der Waals surface area contributed by atoms with Crippen LogP contribution >= 0.6 is 0 Å². The maximum absolute atomic E-state index is 5.74. The van der Waals surface area contributed by atoms with Crippen LogP contribution in [0.1, 0.15) is 20.3 Å². The molecule has 3 heteroatoms. The number of anilines is 2. The zero-order valence-corrected chi connectivity index (χ0v) is 11.6. The molecule has 0 saturated carbocycles. The minimum atomic E-state index is 0.757. The van der Waals surface area contributed by atoms with E-state index < -0.39 is 0 Å². The lowest BCUT2D eigenvalue weighted by Crippen LogP contribution is -2.32. The molecule has 0 aromatic heterocycles. The summed E-state index contributed by atoms with van der Waals surface area (Å²) in [7, 11) is 0. The lowest BCUT2D eigenvalue weighted by Gasteiger charge is -2.24. The van der Waals surface area contributed by atoms with Gasteiger partial charge in [0.2, 0.25) is 0 Å². The van der Waals surface area contributed by atoms with Crippen molar-refractivity contribution in [2.45, 2.75) is 20.3 Å². The highest BCUT2D eigenvalue weighted by Crippen LogP contribution is 2.18. The molecule has 18 heavy (non-hydrogen) atoms. The molecule has 2 N–H and O–H groups in total. The SMILES string of the molecule is CC(C)CN1CCCN(c2ccc(N)cc2)CC1. The predicted molar refractivity (Wildman–Crippen MR) is 79.0 cm³/mol. The van der Waals surface area contributed by atoms with Crippen molar-refractivity contribution in [2.24, 2.45) is 5.92 Å². The van der Waals surface area contributed by atoms with Crippen molar-refractivity contribution in [3.63, 3.8) is 0 Å². The van der Waals surface area contributed by atoms with Crippen LogP contribution in [0.5, 0.6) is 0 Å². The van der Waals surface area contributed by atoms with Gasteiger partial charge in [-0.3, -0.25) is 0 Å². The molecule has 100 valence electrons. The second-order valence-electron chi connectivity index (χ2n) is 5.63. The van der Waals surface area contributed by atoms with Gasteiger partial charge in [-0.1, -0.05) is 13.8 Å². The van der Waals surface area contributed by atoms with E-state index >= 15 is 0 Å². The zero-order valence-electron chi connectivity index (χ0n) is 11.6. The van der Waals surface area contributed by atoms with Crippen LogP contribution in [0.25, 0.3) is 0 Å². The zero-order chi connectivity index (χ0) is 13.0. The van der Waals surface area contributed by atoms with Gasteiger partial charge >= 0.3 is 0 Å². The Hall–Kier alpha value is -1.22. The monoisotopic (exact) mass is 247 g/mol. The molecule has 0 amide bonds. The van der Waals surface area contributed by atoms with Gasteiger partial charge in [0.1, 0.15) is 0 Å². The summed E-state index contributed by atoms with van der Waals surface area (Å²) in [5.74, 6) is 0.757. The van der Waals surface area contributed by atoms with Crippen molar-refractivity contribution in [1.29, 1.82) is 0 Å². The molecule has 1 aromatic carbocycles. The summed E-state index contributed by atoms with van der Waals surface area (Å²) in [6.07, 6.45) is 1.25. The average molecular weight is 247 g/mol. The summed E-state index contributed by atoms with van der Waals surface area (Å²) in [5.41, 5.74) is 7.88. The van der Waals surface area contributed by atoms with Gasteiger partial charge in [-0.15, -0.1) is 0 Å². The van der Waals surface area contributed by atoms with Crippen LogP contribution in [0.3, 0.4) is 0 Å². The smallest absolute Gasteiger partial charge is 0.0368 e. The van der Waals surface area contributed by atoms with Crippen molar-refractivity contribution in [1.82, 2.24) is 4.90 Å². The number of benzene rings is 1. The fraction of sp³-hybridized carbons (Fsp3) is 0.600. The predicted octanol–water partition coefficient (Wildman–Crippen LogP) is 2.44. The van der Waals surface area contributed by atoms with Crippen LogP contribution in [0, 0.1) is 5.92 Å². The second-order valence-corrected chi connectivity index (χ2v) is 5.63. The third kappa shape index (κ3) is 3.64. The summed E-state index contributed by atoms with van der Waals surface area (Å²) in [5, 5.41) is 0. The third-order valence-electron chi connectivity index (χ3n) is 3.47. The lowest BCUT2D eigenvalue weighted by atomic mass is 10.2. The quantitative estimate of drug-likeness (QED) is 0.833. The van der Waals surface area contributed by atoms with E-state index in [-0.39, 0.29) is 0 Å². The highest BCUT2D eigenvalue weighted by molar-refractivity contribution is 5.53. The molecular weight excluding hydrogens is 222 g/mol. The van der Waals surface area contributed by atoms with Gasteiger partial charge in [0.05, 0.1) is 0 Å². The van der Waals surface area contributed by atoms with Gasteiger partial charge < -0.3 is 15.5 Å². The van der Waals surface area contributed by atoms with E-state index in [2.05, 4.69) is 35.8 Å². The maximum Gasteiger partial charge on any atom is 0.0368 e. The van der Waals surface area contributed by atoms with Gasteiger partial charge in [0.15, 0.2) is 0 Å². The Morgan fingerprint density at radius 1 is 1.06 bits per heavy atom. The van der Waals surface area contributed by atoms with Crippen molar-refractivity contribution >= 4 is 11.4 Å². The van der Waals surface area contributed by atoms with Crippen LogP contribution in [0.2, 0.25) is 0 Å². The van der Waals surface area contributed by atoms with Gasteiger partial charge in [0.25, 0.3) is 0 Å². The minimum Gasteiger partial charge on any atom is -0.399 e. The molecule has 0 radical (unpaired) electrons. The van der Waals surface area contributed by atoms with Crippen LogP contribution < -0.4 is 10.6 Å². The molecule has 0 atom stereocenters. The van der Waals surface area contributed by atoms with E-state index in [1.807, 2.05) is 12.1 Å². The molecule has 0 bridgehead atoms. The molecule has 1 saturated heterocycles. The van der Waals surface area contributed by atoms with E-state index in [1.54, 1.807) is 0 Å². The molecule has 1 fully saturated rings. The molecule has 2 rings (SSSR count). The first-order valence-electron chi connectivity index (χ1n) is 6.98. The van der Waals surface area contributed by atoms with Crippen molar-refractivity contribution < 1.29 is 0 Å². The number of hydrogen-bond acceptors (Lipinski definition) is 3. The van der Waals surface area contributed by atoms with Gasteiger partial charge in [0, 0.05) is 37.6 Å². The van der Waals surface area contributed by atoms with Gasteiger partial charge in [-0.25, -0.2) is 0 Å². The Labute approximate surface area is 111 Å². The summed E-state index contributed by atoms with van der Waals surface area (Å²) in [6, 6.07) is 8.25. The van der Waals surface area contributed by atoms with E-state index in [0.717, 1.165) is 24.7 Å². The second kappa shape index (κ2) is 6.10. The Balaban J connectivity index is 1.94. The van der Waals surface area contributed by atoms with Crippen LogP contribution in [-0.4, -0.2) is 37.6 Å². The Kier molecular flexibility index (Phi) is 4.48. The standard InChI is InChI=1S/C15H25N3/c1-13(2)12-17-8-3-9-18(11-10-17)15-6-4-14(16)5-7-15/h4-7,13H,3,8-12,16H2,1-2H3. The molecule has 1 aliphatic rings. The number of rotatable bonds is 3. The van der Waals surface area contributed by atoms with E-state index in [0.29, 0.717) is 0 Å². The highest BCUT2D eigenvalue weighted by atomic mass is 15.2. The third-order valence-corrected chi connectivity index (χ3v) is 3.47. The number of nitrogens with zero attached hydrogens (tertiary/aromatic N) is 2. The molecule has 0 unspecified atom stereocenters. The van der Waals surface area contributed by atoms with Crippen molar-refractivity contribution in [3.05, 3.63) is 24.3 Å². The fourth-order valence-corrected chi connectivity index (χ4v) is 2.61. The summed E-state index contributed by atoms with van der Waals surface area (Å²) in [4.78, 5) is 5.06. The lowest BCUT2D eigenvalue weighted by molar-refractivity contribution is 0.261. The topological polar surface area (TPSA) is 32.5 Å². The minimum absolute atomic E-state index is 0.757. The summed E-state index contributed by atoms with van der Waals surface area (Å²) < 4.78 is 0. The molecule has 0 aliphatic carbocycles. The molecule has 1 aromatic rings. The van der Waals surface area contributed by atoms with Crippen molar-refractivity contribution in [3.8, 4) is 0 Å². The molecule has 1 heterocycles. The van der Waals surface area contributed by atoms with Crippen molar-refractivity contribution in [2.75, 3.05) is 43.4 Å². The van der Waals surface area contributed by atoms with Crippen LogP contribution in [-0.2, 0) is 0 Å². The Bertz CT molecular complexity index is 359. The highest BCUT2D eigenvalue weighted by Gasteiger charge is 2.15. The number of nitrogens with two attached hydrogens (primary N) is 1. The van der Waals surface area contributed by atoms with Gasteiger partial charge in [-0.05, 0) is 43.1 Å². The Morgan fingerprint density at radius 3 is 2.44 bits per heavy atom. The largest absolute Gasteiger partial charge is 0.399 e. The van der Waals surface area contributed by atoms with E-state index in [4.69, 9.17) is 5.73 Å². The van der Waals surface area contributed by atoms with Gasteiger partial charge in [-0.2, -0.15) is 0 Å². The van der Waals surface area contributed by atoms with E-state index in [9.17, 15) is 0 Å². The molecule has 1 aliphatic heterocycles. The van der Waals surface area contributed by atoms with Crippen LogP contribution in [0.15, 0.2) is 24.3 Å². The average Bonchev–Trinajstić information content (AvgIpc) is 2.55. The fourth-order valence-electron chi connectivity index (χ4n) is 2.61. The first-order chi connectivity index (χ1) is 8.65.